The van der Waals surface area contributed by atoms with E-state index in [1.807, 2.05) is 60.4 Å². The molecule has 198 valence electrons. The molecule has 9 heteroatoms. The zero-order valence-corrected chi connectivity index (χ0v) is 23.0. The van der Waals surface area contributed by atoms with Crippen LogP contribution in [-0.2, 0) is 16.8 Å². The molecule has 5 heterocycles. The molecule has 1 atom stereocenters. The van der Waals surface area contributed by atoms with Crippen LogP contribution in [0.1, 0.15) is 41.6 Å². The van der Waals surface area contributed by atoms with Gasteiger partial charge in [0.25, 0.3) is 0 Å². The van der Waals surface area contributed by atoms with Gasteiger partial charge in [0.2, 0.25) is 12.7 Å². The number of amides is 1. The van der Waals surface area contributed by atoms with E-state index in [2.05, 4.69) is 36.3 Å². The zero-order chi connectivity index (χ0) is 26.9. The summed E-state index contributed by atoms with van der Waals surface area (Å²) >= 11 is 1.64. The quantitative estimate of drug-likeness (QED) is 0.338. The van der Waals surface area contributed by atoms with Gasteiger partial charge < -0.3 is 24.0 Å². The van der Waals surface area contributed by atoms with Crippen LogP contribution >= 0.6 is 11.3 Å². The highest BCUT2D eigenvalue weighted by Gasteiger charge is 2.58. The molecule has 0 radical (unpaired) electrons. The van der Waals surface area contributed by atoms with E-state index in [1.165, 1.54) is 0 Å². The molecule has 4 aromatic rings. The fourth-order valence-corrected chi connectivity index (χ4v) is 6.54. The van der Waals surface area contributed by atoms with Crippen LogP contribution in [0.5, 0.6) is 17.2 Å². The Morgan fingerprint density at radius 1 is 1.08 bits per heavy atom. The lowest BCUT2D eigenvalue weighted by atomic mass is 9.74. The number of aromatic nitrogens is 2. The molecule has 1 amide bonds. The Labute approximate surface area is 230 Å². The first-order valence-electron chi connectivity index (χ1n) is 13.0. The predicted octanol–water partition coefficient (Wildman–Crippen LogP) is 5.35. The van der Waals surface area contributed by atoms with Gasteiger partial charge in [0.15, 0.2) is 11.5 Å². The Morgan fingerprint density at radius 2 is 1.90 bits per heavy atom. The van der Waals surface area contributed by atoms with Gasteiger partial charge in [0.1, 0.15) is 23.6 Å². The monoisotopic (exact) mass is 540 g/mol. The second-order valence-electron chi connectivity index (χ2n) is 10.6. The first-order valence-corrected chi connectivity index (χ1v) is 13.8. The summed E-state index contributed by atoms with van der Waals surface area (Å²) < 4.78 is 17.6. The first kappa shape index (κ1) is 24.0. The number of hydrogen-bond acceptors (Lipinski definition) is 8. The lowest BCUT2D eigenvalue weighted by Crippen LogP contribution is -2.42. The first-order chi connectivity index (χ1) is 18.9. The number of rotatable bonds is 5. The van der Waals surface area contributed by atoms with Gasteiger partial charge in [0, 0.05) is 60.0 Å². The highest BCUT2D eigenvalue weighted by molar-refractivity contribution is 7.09. The van der Waals surface area contributed by atoms with Crippen molar-refractivity contribution in [3.05, 3.63) is 75.9 Å². The van der Waals surface area contributed by atoms with Crippen LogP contribution < -0.4 is 24.0 Å². The third-order valence-corrected chi connectivity index (χ3v) is 8.84. The standard InChI is InChI=1S/C30H28N4O4S/c1-17(2)28-32-19(14-39-28)13-34-22-7-5-6-20(18-8-9-26(31-12-18)33(3)4)27(22)30(29(34)35)15-36-23-11-25-24(10-21(23)30)37-16-38-25/h5-12,14,17H,13,15-16H2,1-4H3. The van der Waals surface area contributed by atoms with Crippen molar-refractivity contribution in [1.29, 1.82) is 0 Å². The van der Waals surface area contributed by atoms with Crippen LogP contribution in [0.15, 0.2) is 54.0 Å². The fourth-order valence-electron chi connectivity index (χ4n) is 5.71. The SMILES string of the molecule is CC(C)c1nc(CN2C(=O)C3(COc4cc5c(cc43)OCO5)c3c(-c4ccc(N(C)C)nc4)cccc32)cs1. The molecule has 0 bridgehead atoms. The molecule has 0 N–H and O–H groups in total. The van der Waals surface area contributed by atoms with Gasteiger partial charge in [-0.1, -0.05) is 26.0 Å². The minimum Gasteiger partial charge on any atom is -0.491 e. The van der Waals surface area contributed by atoms with E-state index in [1.54, 1.807) is 11.3 Å². The molecule has 39 heavy (non-hydrogen) atoms. The molecular formula is C30H28N4O4S. The van der Waals surface area contributed by atoms with Gasteiger partial charge in [0.05, 0.1) is 17.2 Å². The molecule has 0 aliphatic carbocycles. The van der Waals surface area contributed by atoms with Crippen molar-refractivity contribution < 1.29 is 19.0 Å². The maximum Gasteiger partial charge on any atom is 0.246 e. The van der Waals surface area contributed by atoms with Gasteiger partial charge in [-0.25, -0.2) is 9.97 Å². The molecule has 1 unspecified atom stereocenters. The van der Waals surface area contributed by atoms with Crippen LogP contribution in [-0.4, -0.2) is 43.4 Å². The van der Waals surface area contributed by atoms with Crippen LogP contribution in [0.2, 0.25) is 0 Å². The van der Waals surface area contributed by atoms with Crippen molar-refractivity contribution in [2.24, 2.45) is 0 Å². The van der Waals surface area contributed by atoms with Crippen molar-refractivity contribution >= 4 is 28.7 Å². The Balaban J connectivity index is 1.42. The summed E-state index contributed by atoms with van der Waals surface area (Å²) in [6.07, 6.45) is 1.87. The van der Waals surface area contributed by atoms with E-state index in [0.717, 1.165) is 44.5 Å². The molecule has 3 aliphatic heterocycles. The zero-order valence-electron chi connectivity index (χ0n) is 22.2. The summed E-state index contributed by atoms with van der Waals surface area (Å²) in [6, 6.07) is 13.9. The van der Waals surface area contributed by atoms with Gasteiger partial charge >= 0.3 is 0 Å². The number of nitrogens with zero attached hydrogens (tertiary/aromatic N) is 4. The second kappa shape index (κ2) is 8.71. The number of pyridine rings is 1. The third kappa shape index (κ3) is 3.52. The molecule has 2 aromatic carbocycles. The smallest absolute Gasteiger partial charge is 0.246 e. The van der Waals surface area contributed by atoms with Crippen LogP contribution in [0.3, 0.4) is 0 Å². The third-order valence-electron chi connectivity index (χ3n) is 7.65. The number of thiazole rings is 1. The molecule has 1 spiro atoms. The van der Waals surface area contributed by atoms with Crippen molar-refractivity contribution in [3.8, 4) is 28.4 Å². The highest BCUT2D eigenvalue weighted by Crippen LogP contribution is 2.57. The second-order valence-corrected chi connectivity index (χ2v) is 11.5. The molecule has 0 fully saturated rings. The number of carbonyl (C=O) groups is 1. The predicted molar refractivity (Wildman–Crippen MR) is 150 cm³/mol. The number of fused-ring (bicyclic) bond motifs is 5. The van der Waals surface area contributed by atoms with Crippen molar-refractivity contribution in [3.63, 3.8) is 0 Å². The summed E-state index contributed by atoms with van der Waals surface area (Å²) in [4.78, 5) is 28.0. The Hall–Kier alpha value is -4.11. The van der Waals surface area contributed by atoms with Gasteiger partial charge in [-0.15, -0.1) is 11.3 Å². The molecule has 7 rings (SSSR count). The molecule has 3 aliphatic rings. The van der Waals surface area contributed by atoms with E-state index < -0.39 is 5.41 Å². The Morgan fingerprint density at radius 3 is 2.62 bits per heavy atom. The minimum atomic E-state index is -1.03. The van der Waals surface area contributed by atoms with Gasteiger partial charge in [-0.05, 0) is 29.8 Å². The number of anilines is 2. The fraction of sp³-hybridized carbons (Fsp3) is 0.300. The van der Waals surface area contributed by atoms with E-state index in [-0.39, 0.29) is 19.3 Å². The molecule has 8 nitrogen and oxygen atoms in total. The van der Waals surface area contributed by atoms with Gasteiger partial charge in [-0.3, -0.25) is 4.79 Å². The Bertz CT molecular complexity index is 1610. The van der Waals surface area contributed by atoms with E-state index in [9.17, 15) is 4.79 Å². The summed E-state index contributed by atoms with van der Waals surface area (Å²) in [5.41, 5.74) is 4.33. The van der Waals surface area contributed by atoms with Crippen molar-refractivity contribution in [2.75, 3.05) is 37.3 Å². The minimum absolute atomic E-state index is 0.0282. The maximum absolute atomic E-state index is 14.6. The molecule has 0 saturated heterocycles. The van der Waals surface area contributed by atoms with Crippen molar-refractivity contribution in [1.82, 2.24) is 9.97 Å². The number of hydrogen-bond donors (Lipinski definition) is 0. The lowest BCUT2D eigenvalue weighted by Gasteiger charge is -2.24. The molecule has 0 saturated carbocycles. The number of benzene rings is 2. The molecular weight excluding hydrogens is 512 g/mol. The van der Waals surface area contributed by atoms with E-state index in [0.29, 0.717) is 29.7 Å². The highest BCUT2D eigenvalue weighted by atomic mass is 32.1. The molecule has 2 aromatic heterocycles. The van der Waals surface area contributed by atoms with Crippen LogP contribution in [0.4, 0.5) is 11.5 Å². The maximum atomic E-state index is 14.6. The largest absolute Gasteiger partial charge is 0.491 e. The topological polar surface area (TPSA) is 77.0 Å². The van der Waals surface area contributed by atoms with Crippen molar-refractivity contribution in [2.45, 2.75) is 31.7 Å². The normalized spacial score (nSPS) is 18.6. The lowest BCUT2D eigenvalue weighted by molar-refractivity contribution is -0.122. The van der Waals surface area contributed by atoms with E-state index >= 15 is 0 Å². The summed E-state index contributed by atoms with van der Waals surface area (Å²) in [7, 11) is 3.93. The average Bonchev–Trinajstić information content (AvgIpc) is 3.71. The summed E-state index contributed by atoms with van der Waals surface area (Å²) in [5, 5.41) is 3.12. The Kier molecular flexibility index (Phi) is 5.35. The average molecular weight is 541 g/mol. The van der Waals surface area contributed by atoms with Crippen LogP contribution in [0, 0.1) is 0 Å². The summed E-state index contributed by atoms with van der Waals surface area (Å²) in [6.45, 7) is 5.00. The van der Waals surface area contributed by atoms with Crippen LogP contribution in [0.25, 0.3) is 11.1 Å². The number of carbonyl (C=O) groups excluding carboxylic acids is 1. The summed E-state index contributed by atoms with van der Waals surface area (Å²) in [5.74, 6) is 3.08. The van der Waals surface area contributed by atoms with E-state index in [4.69, 9.17) is 19.2 Å². The van der Waals surface area contributed by atoms with Gasteiger partial charge in [-0.2, -0.15) is 0 Å². The number of ether oxygens (including phenoxy) is 3.